The van der Waals surface area contributed by atoms with Crippen LogP contribution in [0, 0.1) is 0 Å². The molecule has 1 aromatic rings. The lowest BCUT2D eigenvalue weighted by molar-refractivity contribution is -0.136. The van der Waals surface area contributed by atoms with Gasteiger partial charge >= 0.3 is 6.18 Å². The molecule has 0 N–H and O–H groups in total. The molecule has 0 aliphatic heterocycles. The van der Waals surface area contributed by atoms with Gasteiger partial charge in [0.2, 0.25) is 10.0 Å². The molecule has 9 heteroatoms. The fourth-order valence-corrected chi connectivity index (χ4v) is 3.74. The first kappa shape index (κ1) is 18.7. The summed E-state index contributed by atoms with van der Waals surface area (Å²) in [6.07, 6.45) is -3.65. The number of sulfonamides is 1. The first-order valence-electron chi connectivity index (χ1n) is 6.10. The van der Waals surface area contributed by atoms with Crippen LogP contribution in [0.2, 0.25) is 5.02 Å². The molecule has 0 saturated heterocycles. The summed E-state index contributed by atoms with van der Waals surface area (Å²) in [7, 11) is -4.22. The summed E-state index contributed by atoms with van der Waals surface area (Å²) < 4.78 is 63.2. The lowest BCUT2D eigenvalue weighted by Gasteiger charge is -2.23. The van der Waals surface area contributed by atoms with E-state index in [-0.39, 0.29) is 16.5 Å². The van der Waals surface area contributed by atoms with Crippen molar-refractivity contribution in [1.29, 1.82) is 0 Å². The van der Waals surface area contributed by atoms with Crippen LogP contribution < -0.4 is 0 Å². The quantitative estimate of drug-likeness (QED) is 0.697. The Morgan fingerprint density at radius 1 is 1.33 bits per heavy atom. The highest BCUT2D eigenvalue weighted by Gasteiger charge is 2.36. The van der Waals surface area contributed by atoms with Crippen molar-refractivity contribution in [2.75, 3.05) is 13.1 Å². The molecule has 21 heavy (non-hydrogen) atoms. The standard InChI is InChI=1S/C12H14BrClF3NO2S/c1-2-3-6-18(8-12(15,16)17)21(19,20)9-4-5-11(14)10(13)7-9/h4-5,7H,2-3,6,8H2,1H3. The third-order valence-corrected chi connectivity index (χ3v) is 5.70. The molecule has 3 nitrogen and oxygen atoms in total. The Balaban J connectivity index is 3.16. The van der Waals surface area contributed by atoms with Gasteiger partial charge in [0.15, 0.2) is 0 Å². The van der Waals surface area contributed by atoms with Gasteiger partial charge in [0.1, 0.15) is 6.54 Å². The summed E-state index contributed by atoms with van der Waals surface area (Å²) in [4.78, 5) is -0.223. The van der Waals surface area contributed by atoms with Crippen LogP contribution >= 0.6 is 27.5 Å². The van der Waals surface area contributed by atoms with Crippen LogP contribution in [0.5, 0.6) is 0 Å². The van der Waals surface area contributed by atoms with Gasteiger partial charge in [0.25, 0.3) is 0 Å². The maximum absolute atomic E-state index is 12.6. The van der Waals surface area contributed by atoms with Crippen molar-refractivity contribution in [3.8, 4) is 0 Å². The molecule has 0 unspecified atom stereocenters. The zero-order valence-corrected chi connectivity index (χ0v) is 14.3. The number of alkyl halides is 3. The van der Waals surface area contributed by atoms with Crippen LogP contribution in [0.3, 0.4) is 0 Å². The van der Waals surface area contributed by atoms with Gasteiger partial charge in [-0.2, -0.15) is 17.5 Å². The summed E-state index contributed by atoms with van der Waals surface area (Å²) in [5.41, 5.74) is 0. The fourth-order valence-electron chi connectivity index (χ4n) is 1.61. The van der Waals surface area contributed by atoms with Gasteiger partial charge in [-0.25, -0.2) is 8.42 Å². The minimum absolute atomic E-state index is 0.182. The van der Waals surface area contributed by atoms with E-state index < -0.39 is 22.7 Å². The Morgan fingerprint density at radius 2 is 1.95 bits per heavy atom. The van der Waals surface area contributed by atoms with Gasteiger partial charge in [-0.1, -0.05) is 24.9 Å². The average molecular weight is 409 g/mol. The highest BCUT2D eigenvalue weighted by Crippen LogP contribution is 2.28. The fraction of sp³-hybridized carbons (Fsp3) is 0.500. The predicted octanol–water partition coefficient (Wildman–Crippen LogP) is 4.46. The molecule has 1 aromatic carbocycles. The largest absolute Gasteiger partial charge is 0.402 e. The first-order valence-corrected chi connectivity index (χ1v) is 8.71. The molecule has 0 spiro atoms. The van der Waals surface area contributed by atoms with Gasteiger partial charge in [-0.15, -0.1) is 0 Å². The van der Waals surface area contributed by atoms with Crippen LogP contribution in [-0.2, 0) is 10.0 Å². The van der Waals surface area contributed by atoms with Crippen molar-refractivity contribution in [2.45, 2.75) is 30.8 Å². The summed E-state index contributed by atoms with van der Waals surface area (Å²) in [6, 6.07) is 3.72. The molecule has 0 saturated carbocycles. The van der Waals surface area contributed by atoms with Crippen LogP contribution in [0.4, 0.5) is 13.2 Å². The third kappa shape index (κ3) is 5.43. The van der Waals surface area contributed by atoms with E-state index in [4.69, 9.17) is 11.6 Å². The number of halogens is 5. The molecular formula is C12H14BrClF3NO2S. The second-order valence-electron chi connectivity index (χ2n) is 4.38. The highest BCUT2D eigenvalue weighted by atomic mass is 79.9. The van der Waals surface area contributed by atoms with Gasteiger partial charge in [-0.05, 0) is 40.5 Å². The highest BCUT2D eigenvalue weighted by molar-refractivity contribution is 9.10. The van der Waals surface area contributed by atoms with Gasteiger partial charge in [0, 0.05) is 11.0 Å². The molecule has 120 valence electrons. The van der Waals surface area contributed by atoms with Crippen molar-refractivity contribution >= 4 is 37.6 Å². The maximum Gasteiger partial charge on any atom is 0.402 e. The van der Waals surface area contributed by atoms with E-state index in [0.29, 0.717) is 21.6 Å². The molecule has 1 rings (SSSR count). The van der Waals surface area contributed by atoms with Crippen LogP contribution in [0.1, 0.15) is 19.8 Å². The van der Waals surface area contributed by atoms with Gasteiger partial charge in [-0.3, -0.25) is 0 Å². The van der Waals surface area contributed by atoms with Crippen molar-refractivity contribution in [3.63, 3.8) is 0 Å². The van der Waals surface area contributed by atoms with Crippen LogP contribution in [0.15, 0.2) is 27.6 Å². The summed E-state index contributed by atoms with van der Waals surface area (Å²) >= 11 is 8.83. The molecule has 0 aliphatic carbocycles. The zero-order valence-electron chi connectivity index (χ0n) is 11.1. The second kappa shape index (κ2) is 7.30. The average Bonchev–Trinajstić information content (AvgIpc) is 2.36. The smallest absolute Gasteiger partial charge is 0.207 e. The lowest BCUT2D eigenvalue weighted by atomic mass is 10.3. The minimum Gasteiger partial charge on any atom is -0.207 e. The molecule has 0 fully saturated rings. The SMILES string of the molecule is CCCCN(CC(F)(F)F)S(=O)(=O)c1ccc(Cl)c(Br)c1. The number of nitrogens with zero attached hydrogens (tertiary/aromatic N) is 1. The van der Waals surface area contributed by atoms with E-state index in [2.05, 4.69) is 15.9 Å². The van der Waals surface area contributed by atoms with Crippen molar-refractivity contribution in [1.82, 2.24) is 4.31 Å². The topological polar surface area (TPSA) is 37.4 Å². The van der Waals surface area contributed by atoms with Crippen LogP contribution in [0.25, 0.3) is 0 Å². The summed E-state index contributed by atoms with van der Waals surface area (Å²) in [5, 5.41) is 0.282. The summed E-state index contributed by atoms with van der Waals surface area (Å²) in [6.45, 7) is 0.0887. The number of benzene rings is 1. The first-order chi connectivity index (χ1) is 9.58. The number of hydrogen-bond acceptors (Lipinski definition) is 2. The maximum atomic E-state index is 12.6. The van der Waals surface area contributed by atoms with Crippen molar-refractivity contribution in [2.24, 2.45) is 0 Å². The molecule has 0 amide bonds. The Labute approximate surface area is 135 Å². The monoisotopic (exact) mass is 407 g/mol. The third-order valence-electron chi connectivity index (χ3n) is 2.65. The second-order valence-corrected chi connectivity index (χ2v) is 7.58. The van der Waals surface area contributed by atoms with E-state index in [1.54, 1.807) is 6.92 Å². The molecule has 0 atom stereocenters. The van der Waals surface area contributed by atoms with Gasteiger partial charge in [0.05, 0.1) is 9.92 Å². The number of unbranched alkanes of at least 4 members (excludes halogenated alkanes) is 1. The minimum atomic E-state index is -4.59. The Morgan fingerprint density at radius 3 is 2.43 bits per heavy atom. The Kier molecular flexibility index (Phi) is 6.52. The Hall–Kier alpha value is -0.310. The predicted molar refractivity (Wildman–Crippen MR) is 78.9 cm³/mol. The number of hydrogen-bond donors (Lipinski definition) is 0. The zero-order chi connectivity index (χ0) is 16.3. The molecular weight excluding hydrogens is 395 g/mol. The van der Waals surface area contributed by atoms with E-state index in [1.807, 2.05) is 0 Å². The van der Waals surface area contributed by atoms with Crippen molar-refractivity contribution in [3.05, 3.63) is 27.7 Å². The van der Waals surface area contributed by atoms with Gasteiger partial charge < -0.3 is 0 Å². The lowest BCUT2D eigenvalue weighted by Crippen LogP contribution is -2.39. The summed E-state index contributed by atoms with van der Waals surface area (Å²) in [5.74, 6) is 0. The van der Waals surface area contributed by atoms with Crippen LogP contribution in [-0.4, -0.2) is 32.0 Å². The van der Waals surface area contributed by atoms with E-state index >= 15 is 0 Å². The molecule has 0 aliphatic rings. The molecule has 0 aromatic heterocycles. The molecule has 0 radical (unpaired) electrons. The van der Waals surface area contributed by atoms with E-state index in [9.17, 15) is 21.6 Å². The molecule has 0 heterocycles. The van der Waals surface area contributed by atoms with E-state index in [0.717, 1.165) is 0 Å². The Bertz CT molecular complexity index is 593. The molecule has 0 bridgehead atoms. The van der Waals surface area contributed by atoms with Crippen molar-refractivity contribution < 1.29 is 21.6 Å². The number of rotatable bonds is 6. The normalized spacial score (nSPS) is 12.9. The van der Waals surface area contributed by atoms with E-state index in [1.165, 1.54) is 18.2 Å².